The van der Waals surface area contributed by atoms with Crippen LogP contribution < -0.4 is 5.73 Å². The summed E-state index contributed by atoms with van der Waals surface area (Å²) in [6, 6.07) is 4.81. The van der Waals surface area contributed by atoms with Crippen LogP contribution in [-0.2, 0) is 0 Å². The molecular weight excluding hydrogens is 224 g/mol. The van der Waals surface area contributed by atoms with Gasteiger partial charge in [-0.3, -0.25) is 0 Å². The van der Waals surface area contributed by atoms with Gasteiger partial charge in [0, 0.05) is 11.6 Å². The van der Waals surface area contributed by atoms with E-state index in [-0.39, 0.29) is 29.3 Å². The highest BCUT2D eigenvalue weighted by Crippen LogP contribution is 2.40. The van der Waals surface area contributed by atoms with Crippen molar-refractivity contribution in [3.8, 4) is 0 Å². The third-order valence-electron chi connectivity index (χ3n) is 2.47. The fraction of sp³-hybridized carbons (Fsp3) is 0.400. The Balaban J connectivity index is 0.000000980. The summed E-state index contributed by atoms with van der Waals surface area (Å²) >= 11 is 5.65. The third kappa shape index (κ3) is 2.19. The molecule has 1 aromatic rings. The summed E-state index contributed by atoms with van der Waals surface area (Å²) in [4.78, 5) is 0. The second kappa shape index (κ2) is 4.47. The molecular formula is C10H12Cl2FN. The molecule has 1 saturated carbocycles. The monoisotopic (exact) mass is 235 g/mol. The van der Waals surface area contributed by atoms with Crippen LogP contribution in [-0.4, -0.2) is 0 Å². The first-order valence-electron chi connectivity index (χ1n) is 4.39. The van der Waals surface area contributed by atoms with Gasteiger partial charge in [0.1, 0.15) is 5.82 Å². The van der Waals surface area contributed by atoms with Crippen LogP contribution in [0.2, 0.25) is 5.02 Å². The van der Waals surface area contributed by atoms with E-state index in [1.807, 2.05) is 0 Å². The molecule has 1 atom stereocenters. The number of halogens is 3. The van der Waals surface area contributed by atoms with Gasteiger partial charge in [-0.25, -0.2) is 4.39 Å². The molecule has 0 saturated heterocycles. The number of hydrogen-bond acceptors (Lipinski definition) is 1. The first-order valence-corrected chi connectivity index (χ1v) is 4.77. The largest absolute Gasteiger partial charge is 0.324 e. The van der Waals surface area contributed by atoms with Crippen molar-refractivity contribution in [1.82, 2.24) is 0 Å². The lowest BCUT2D eigenvalue weighted by Crippen LogP contribution is -2.14. The van der Waals surface area contributed by atoms with Crippen molar-refractivity contribution in [2.75, 3.05) is 0 Å². The van der Waals surface area contributed by atoms with E-state index in [4.69, 9.17) is 17.3 Å². The van der Waals surface area contributed by atoms with Crippen LogP contribution in [0.1, 0.15) is 24.4 Å². The number of benzene rings is 1. The zero-order valence-electron chi connectivity index (χ0n) is 7.54. The van der Waals surface area contributed by atoms with Gasteiger partial charge in [-0.15, -0.1) is 12.4 Å². The highest BCUT2D eigenvalue weighted by Gasteiger charge is 2.31. The summed E-state index contributed by atoms with van der Waals surface area (Å²) in [7, 11) is 0. The predicted octanol–water partition coefficient (Wildman–Crippen LogP) is 3.31. The predicted molar refractivity (Wildman–Crippen MR) is 58.3 cm³/mol. The molecule has 2 N–H and O–H groups in total. The Kier molecular flexibility index (Phi) is 3.76. The van der Waals surface area contributed by atoms with Crippen molar-refractivity contribution < 1.29 is 4.39 Å². The van der Waals surface area contributed by atoms with E-state index < -0.39 is 0 Å². The number of rotatable bonds is 2. The van der Waals surface area contributed by atoms with Crippen LogP contribution in [0, 0.1) is 11.7 Å². The van der Waals surface area contributed by atoms with Gasteiger partial charge in [0.15, 0.2) is 0 Å². The van der Waals surface area contributed by atoms with Gasteiger partial charge in [-0.1, -0.05) is 23.7 Å². The molecule has 4 heteroatoms. The minimum absolute atomic E-state index is 0. The maximum atomic E-state index is 13.4. The average Bonchev–Trinajstić information content (AvgIpc) is 2.91. The summed E-state index contributed by atoms with van der Waals surface area (Å²) in [6.07, 6.45) is 2.21. The van der Waals surface area contributed by atoms with E-state index in [0.29, 0.717) is 11.5 Å². The summed E-state index contributed by atoms with van der Waals surface area (Å²) in [5.41, 5.74) is 6.42. The van der Waals surface area contributed by atoms with Crippen molar-refractivity contribution in [1.29, 1.82) is 0 Å². The molecule has 2 rings (SSSR count). The second-order valence-corrected chi connectivity index (χ2v) is 3.91. The van der Waals surface area contributed by atoms with Crippen molar-refractivity contribution in [2.24, 2.45) is 11.7 Å². The molecule has 0 spiro atoms. The first kappa shape index (κ1) is 11.8. The molecule has 14 heavy (non-hydrogen) atoms. The van der Waals surface area contributed by atoms with Gasteiger partial charge < -0.3 is 5.73 Å². The lowest BCUT2D eigenvalue weighted by molar-refractivity contribution is 0.554. The van der Waals surface area contributed by atoms with Gasteiger partial charge in [-0.05, 0) is 24.8 Å². The van der Waals surface area contributed by atoms with Gasteiger partial charge in [0.05, 0.1) is 5.02 Å². The molecule has 0 radical (unpaired) electrons. The maximum absolute atomic E-state index is 13.4. The van der Waals surface area contributed by atoms with E-state index in [0.717, 1.165) is 12.8 Å². The Morgan fingerprint density at radius 2 is 2.07 bits per heavy atom. The van der Waals surface area contributed by atoms with Gasteiger partial charge in [-0.2, -0.15) is 0 Å². The molecule has 1 aliphatic carbocycles. The molecule has 1 nitrogen and oxygen atoms in total. The fourth-order valence-electron chi connectivity index (χ4n) is 1.49. The molecule has 0 aliphatic heterocycles. The molecule has 0 bridgehead atoms. The van der Waals surface area contributed by atoms with Crippen LogP contribution in [0.4, 0.5) is 4.39 Å². The SMILES string of the molecule is Cl.NC(c1cccc(Cl)c1F)C1CC1. The maximum Gasteiger partial charge on any atom is 0.146 e. The normalized spacial score (nSPS) is 17.4. The molecule has 0 heterocycles. The minimum atomic E-state index is -0.358. The van der Waals surface area contributed by atoms with Crippen LogP contribution in [0.15, 0.2) is 18.2 Å². The summed E-state index contributed by atoms with van der Waals surface area (Å²) in [6.45, 7) is 0. The van der Waals surface area contributed by atoms with E-state index in [9.17, 15) is 4.39 Å². The third-order valence-corrected chi connectivity index (χ3v) is 2.76. The second-order valence-electron chi connectivity index (χ2n) is 3.51. The Morgan fingerprint density at radius 1 is 1.43 bits per heavy atom. The zero-order valence-corrected chi connectivity index (χ0v) is 9.11. The topological polar surface area (TPSA) is 26.0 Å². The van der Waals surface area contributed by atoms with E-state index in [1.54, 1.807) is 18.2 Å². The molecule has 1 fully saturated rings. The highest BCUT2D eigenvalue weighted by molar-refractivity contribution is 6.30. The Morgan fingerprint density at radius 3 is 2.64 bits per heavy atom. The van der Waals surface area contributed by atoms with Crippen LogP contribution in [0.5, 0.6) is 0 Å². The standard InChI is InChI=1S/C10H11ClFN.ClH/c11-8-3-1-2-7(9(8)12)10(13)6-4-5-6;/h1-3,6,10H,4-5,13H2;1H. The average molecular weight is 236 g/mol. The molecule has 0 aromatic heterocycles. The van der Waals surface area contributed by atoms with E-state index in [1.165, 1.54) is 0 Å². The molecule has 1 unspecified atom stereocenters. The van der Waals surface area contributed by atoms with Gasteiger partial charge >= 0.3 is 0 Å². The van der Waals surface area contributed by atoms with Gasteiger partial charge in [0.2, 0.25) is 0 Å². The quantitative estimate of drug-likeness (QED) is 0.837. The van der Waals surface area contributed by atoms with Crippen molar-refractivity contribution in [3.63, 3.8) is 0 Å². The highest BCUT2D eigenvalue weighted by atomic mass is 35.5. The Labute approximate surface area is 93.8 Å². The molecule has 78 valence electrons. The van der Waals surface area contributed by atoms with E-state index in [2.05, 4.69) is 0 Å². The molecule has 1 aromatic carbocycles. The Bertz CT molecular complexity index is 326. The zero-order chi connectivity index (χ0) is 9.42. The number of hydrogen-bond donors (Lipinski definition) is 1. The lowest BCUT2D eigenvalue weighted by Gasteiger charge is -2.11. The summed E-state index contributed by atoms with van der Waals surface area (Å²) in [5.74, 6) is 0.0940. The lowest BCUT2D eigenvalue weighted by atomic mass is 10.0. The van der Waals surface area contributed by atoms with Crippen LogP contribution in [0.3, 0.4) is 0 Å². The number of nitrogens with two attached hydrogens (primary N) is 1. The molecule has 0 amide bonds. The first-order chi connectivity index (χ1) is 6.20. The molecule has 1 aliphatic rings. The fourth-order valence-corrected chi connectivity index (χ4v) is 1.67. The van der Waals surface area contributed by atoms with Crippen molar-refractivity contribution >= 4 is 24.0 Å². The van der Waals surface area contributed by atoms with Crippen molar-refractivity contribution in [2.45, 2.75) is 18.9 Å². The van der Waals surface area contributed by atoms with Crippen LogP contribution >= 0.6 is 24.0 Å². The van der Waals surface area contributed by atoms with Crippen molar-refractivity contribution in [3.05, 3.63) is 34.6 Å². The van der Waals surface area contributed by atoms with E-state index >= 15 is 0 Å². The van der Waals surface area contributed by atoms with Gasteiger partial charge in [0.25, 0.3) is 0 Å². The Hall–Kier alpha value is -0.310. The summed E-state index contributed by atoms with van der Waals surface area (Å²) in [5, 5.41) is 0.161. The summed E-state index contributed by atoms with van der Waals surface area (Å²) < 4.78 is 13.4. The van der Waals surface area contributed by atoms with Crippen LogP contribution in [0.25, 0.3) is 0 Å². The minimum Gasteiger partial charge on any atom is -0.324 e. The smallest absolute Gasteiger partial charge is 0.146 e.